The lowest BCUT2D eigenvalue weighted by Crippen LogP contribution is -2.33. The summed E-state index contributed by atoms with van der Waals surface area (Å²) >= 11 is 0. The number of fused-ring (bicyclic) bond motifs is 1. The van der Waals surface area contributed by atoms with Crippen molar-refractivity contribution in [2.45, 2.75) is 39.5 Å². The van der Waals surface area contributed by atoms with Gasteiger partial charge in [-0.25, -0.2) is 0 Å². The van der Waals surface area contributed by atoms with E-state index >= 15 is 0 Å². The van der Waals surface area contributed by atoms with E-state index in [1.54, 1.807) is 11.9 Å². The van der Waals surface area contributed by atoms with Gasteiger partial charge in [0.15, 0.2) is 5.78 Å². The molecule has 1 heterocycles. The number of Topliss-reactive ketones (excluding diaryl/α,β-unsaturated/α-hetero) is 1. The Hall–Kier alpha value is -1.64. The van der Waals surface area contributed by atoms with E-state index in [4.69, 9.17) is 0 Å². The molecule has 1 aliphatic rings. The van der Waals surface area contributed by atoms with Crippen molar-refractivity contribution in [2.24, 2.45) is 5.92 Å². The molecule has 1 amide bonds. The van der Waals surface area contributed by atoms with Gasteiger partial charge in [0.25, 0.3) is 0 Å². The van der Waals surface area contributed by atoms with Crippen LogP contribution in [0.15, 0.2) is 18.2 Å². The lowest BCUT2D eigenvalue weighted by Gasteiger charge is -2.16. The van der Waals surface area contributed by atoms with Crippen LogP contribution in [0.3, 0.4) is 0 Å². The van der Waals surface area contributed by atoms with E-state index in [0.717, 1.165) is 11.3 Å². The van der Waals surface area contributed by atoms with E-state index in [2.05, 4.69) is 0 Å². The van der Waals surface area contributed by atoms with Crippen molar-refractivity contribution in [1.29, 1.82) is 0 Å². The van der Waals surface area contributed by atoms with Gasteiger partial charge in [-0.3, -0.25) is 9.59 Å². The number of benzene rings is 1. The molecule has 102 valence electrons. The fraction of sp³-hybridized carbons (Fsp3) is 0.500. The molecule has 0 fully saturated rings. The molecule has 3 nitrogen and oxygen atoms in total. The Morgan fingerprint density at radius 1 is 1.32 bits per heavy atom. The summed E-state index contributed by atoms with van der Waals surface area (Å²) in [6, 6.07) is 5.60. The number of nitrogens with zero attached hydrogens (tertiary/aromatic N) is 1. The summed E-state index contributed by atoms with van der Waals surface area (Å²) in [4.78, 5) is 26.0. The van der Waals surface area contributed by atoms with Gasteiger partial charge in [-0.15, -0.1) is 0 Å². The highest BCUT2D eigenvalue weighted by atomic mass is 16.2. The molecular formula is C16H21NO2. The zero-order valence-electron chi connectivity index (χ0n) is 12.3. The summed E-state index contributed by atoms with van der Waals surface area (Å²) in [5, 5.41) is 0. The van der Waals surface area contributed by atoms with Gasteiger partial charge in [0.05, 0.1) is 5.41 Å². The molecule has 0 aliphatic carbocycles. The Balaban J connectivity index is 2.43. The smallest absolute Gasteiger partial charge is 0.236 e. The number of hydrogen-bond donors (Lipinski definition) is 0. The third-order valence-electron chi connectivity index (χ3n) is 3.79. The lowest BCUT2D eigenvalue weighted by atomic mass is 9.84. The highest BCUT2D eigenvalue weighted by Crippen LogP contribution is 2.41. The van der Waals surface area contributed by atoms with Crippen molar-refractivity contribution in [3.63, 3.8) is 0 Å². The van der Waals surface area contributed by atoms with Gasteiger partial charge in [0.2, 0.25) is 5.91 Å². The standard InChI is InChI=1S/C16H21NO2/c1-10(2)8-14(18)11-6-7-13-12(9-11)16(3,4)15(19)17(13)5/h6-7,9-10H,8H2,1-5H3. The van der Waals surface area contributed by atoms with Gasteiger partial charge in [-0.1, -0.05) is 13.8 Å². The monoisotopic (exact) mass is 259 g/mol. The highest BCUT2D eigenvalue weighted by Gasteiger charge is 2.42. The SMILES string of the molecule is CC(C)CC(=O)c1ccc2c(c1)C(C)(C)C(=O)N2C. The minimum atomic E-state index is -0.543. The van der Waals surface area contributed by atoms with Crippen molar-refractivity contribution in [3.8, 4) is 0 Å². The molecule has 0 spiro atoms. The van der Waals surface area contributed by atoms with Crippen molar-refractivity contribution in [1.82, 2.24) is 0 Å². The molecule has 0 radical (unpaired) electrons. The molecule has 1 aromatic carbocycles. The molecular weight excluding hydrogens is 238 g/mol. The van der Waals surface area contributed by atoms with E-state index in [0.29, 0.717) is 17.9 Å². The Morgan fingerprint density at radius 2 is 1.95 bits per heavy atom. The van der Waals surface area contributed by atoms with Crippen LogP contribution in [0.5, 0.6) is 0 Å². The van der Waals surface area contributed by atoms with Gasteiger partial charge < -0.3 is 4.90 Å². The predicted octanol–water partition coefficient (Wildman–Crippen LogP) is 3.17. The van der Waals surface area contributed by atoms with Gasteiger partial charge in [0.1, 0.15) is 0 Å². The van der Waals surface area contributed by atoms with Crippen LogP contribution in [0.25, 0.3) is 0 Å². The van der Waals surface area contributed by atoms with Crippen LogP contribution in [-0.4, -0.2) is 18.7 Å². The van der Waals surface area contributed by atoms with E-state index in [1.165, 1.54) is 0 Å². The quantitative estimate of drug-likeness (QED) is 0.782. The van der Waals surface area contributed by atoms with Crippen LogP contribution in [0.4, 0.5) is 5.69 Å². The molecule has 0 saturated carbocycles. The van der Waals surface area contributed by atoms with Crippen LogP contribution in [-0.2, 0) is 10.2 Å². The van der Waals surface area contributed by atoms with E-state index < -0.39 is 5.41 Å². The van der Waals surface area contributed by atoms with E-state index in [1.807, 2.05) is 45.9 Å². The van der Waals surface area contributed by atoms with Gasteiger partial charge in [0, 0.05) is 24.7 Å². The summed E-state index contributed by atoms with van der Waals surface area (Å²) in [7, 11) is 1.78. The van der Waals surface area contributed by atoms with Crippen molar-refractivity contribution < 1.29 is 9.59 Å². The fourth-order valence-electron chi connectivity index (χ4n) is 2.64. The molecule has 3 heteroatoms. The average Bonchev–Trinajstić information content (AvgIpc) is 2.50. The first-order chi connectivity index (χ1) is 8.75. The minimum Gasteiger partial charge on any atom is -0.314 e. The van der Waals surface area contributed by atoms with Crippen LogP contribution >= 0.6 is 0 Å². The third kappa shape index (κ3) is 2.18. The molecule has 0 aromatic heterocycles. The van der Waals surface area contributed by atoms with E-state index in [-0.39, 0.29) is 11.7 Å². The number of ketones is 1. The lowest BCUT2D eigenvalue weighted by molar-refractivity contribution is -0.121. The molecule has 0 N–H and O–H groups in total. The fourth-order valence-corrected chi connectivity index (χ4v) is 2.64. The molecule has 0 bridgehead atoms. The average molecular weight is 259 g/mol. The van der Waals surface area contributed by atoms with Crippen molar-refractivity contribution >= 4 is 17.4 Å². The second kappa shape index (κ2) is 4.48. The second-order valence-electron chi connectivity index (χ2n) is 6.24. The largest absolute Gasteiger partial charge is 0.314 e. The Labute approximate surface area is 114 Å². The Morgan fingerprint density at radius 3 is 2.53 bits per heavy atom. The summed E-state index contributed by atoms with van der Waals surface area (Å²) in [6.45, 7) is 7.89. The molecule has 0 atom stereocenters. The number of likely N-dealkylation sites (N-methyl/N-ethyl adjacent to an activating group) is 1. The maximum Gasteiger partial charge on any atom is 0.236 e. The topological polar surface area (TPSA) is 37.4 Å². The Kier molecular flexibility index (Phi) is 3.25. The third-order valence-corrected chi connectivity index (χ3v) is 3.79. The van der Waals surface area contributed by atoms with E-state index in [9.17, 15) is 9.59 Å². The molecule has 0 unspecified atom stereocenters. The maximum absolute atomic E-state index is 12.2. The van der Waals surface area contributed by atoms with Crippen LogP contribution < -0.4 is 4.90 Å². The van der Waals surface area contributed by atoms with Gasteiger partial charge in [-0.2, -0.15) is 0 Å². The zero-order chi connectivity index (χ0) is 14.4. The number of amides is 1. The number of anilines is 1. The van der Waals surface area contributed by atoms with Crippen LogP contribution in [0, 0.1) is 5.92 Å². The maximum atomic E-state index is 12.2. The number of rotatable bonds is 3. The summed E-state index contributed by atoms with van der Waals surface area (Å²) in [6.07, 6.45) is 0.545. The summed E-state index contributed by atoms with van der Waals surface area (Å²) < 4.78 is 0. The first kappa shape index (κ1) is 13.8. The molecule has 2 rings (SSSR count). The van der Waals surface area contributed by atoms with Crippen molar-refractivity contribution in [2.75, 3.05) is 11.9 Å². The van der Waals surface area contributed by atoms with Gasteiger partial charge >= 0.3 is 0 Å². The van der Waals surface area contributed by atoms with Gasteiger partial charge in [-0.05, 0) is 43.5 Å². The minimum absolute atomic E-state index is 0.0796. The summed E-state index contributed by atoms with van der Waals surface area (Å²) in [5.74, 6) is 0.574. The second-order valence-corrected chi connectivity index (χ2v) is 6.24. The Bertz CT molecular complexity index is 544. The normalized spacial score (nSPS) is 16.9. The first-order valence-corrected chi connectivity index (χ1v) is 6.71. The summed E-state index contributed by atoms with van der Waals surface area (Å²) in [5.41, 5.74) is 2.03. The molecule has 1 aromatic rings. The number of carbonyl (C=O) groups is 2. The first-order valence-electron chi connectivity index (χ1n) is 6.71. The predicted molar refractivity (Wildman–Crippen MR) is 76.7 cm³/mol. The zero-order valence-corrected chi connectivity index (χ0v) is 12.3. The molecule has 1 aliphatic heterocycles. The molecule has 19 heavy (non-hydrogen) atoms. The van der Waals surface area contributed by atoms with Crippen LogP contribution in [0.1, 0.15) is 50.0 Å². The number of hydrogen-bond acceptors (Lipinski definition) is 2. The number of carbonyl (C=O) groups excluding carboxylic acids is 2. The molecule has 0 saturated heterocycles. The van der Waals surface area contributed by atoms with Crippen molar-refractivity contribution in [3.05, 3.63) is 29.3 Å². The highest BCUT2D eigenvalue weighted by molar-refractivity contribution is 6.08. The van der Waals surface area contributed by atoms with Crippen LogP contribution in [0.2, 0.25) is 0 Å².